The number of hydrogen-bond acceptors (Lipinski definition) is 3. The molecule has 2 aromatic rings. The number of carbonyl (C=O) groups is 1. The van der Waals surface area contributed by atoms with E-state index in [1.165, 1.54) is 31.4 Å². The molecule has 0 aliphatic rings. The summed E-state index contributed by atoms with van der Waals surface area (Å²) in [6, 6.07) is 8.17. The molecule has 4 nitrogen and oxygen atoms in total. The third-order valence-corrected chi connectivity index (χ3v) is 3.55. The predicted molar refractivity (Wildman–Crippen MR) is 87.1 cm³/mol. The molecular formula is C17H15ClF3NO3. The van der Waals surface area contributed by atoms with E-state index in [0.717, 1.165) is 11.6 Å². The fourth-order valence-electron chi connectivity index (χ4n) is 2.15. The van der Waals surface area contributed by atoms with E-state index in [4.69, 9.17) is 16.3 Å². The first-order valence-electron chi connectivity index (χ1n) is 7.25. The van der Waals surface area contributed by atoms with Crippen LogP contribution in [-0.4, -0.2) is 26.2 Å². The second kappa shape index (κ2) is 8.62. The highest BCUT2D eigenvalue weighted by Crippen LogP contribution is 2.29. The Morgan fingerprint density at radius 1 is 1.20 bits per heavy atom. The topological polar surface area (TPSA) is 47.6 Å². The van der Waals surface area contributed by atoms with Crippen molar-refractivity contribution in [2.75, 3.05) is 13.7 Å². The number of nitrogens with one attached hydrogen (secondary N) is 1. The Hall–Kier alpha value is -2.41. The Morgan fingerprint density at radius 3 is 2.64 bits per heavy atom. The van der Waals surface area contributed by atoms with Crippen molar-refractivity contribution < 1.29 is 27.4 Å². The molecule has 0 aromatic heterocycles. The summed E-state index contributed by atoms with van der Waals surface area (Å²) >= 11 is 5.75. The van der Waals surface area contributed by atoms with Gasteiger partial charge in [-0.05, 0) is 42.3 Å². The normalized spacial score (nSPS) is 10.6. The second-order valence-electron chi connectivity index (χ2n) is 4.99. The average Bonchev–Trinajstić information content (AvgIpc) is 2.57. The molecule has 134 valence electrons. The Bertz CT molecular complexity index is 756. The number of rotatable bonds is 7. The van der Waals surface area contributed by atoms with Gasteiger partial charge in [-0.2, -0.15) is 8.78 Å². The quantitative estimate of drug-likeness (QED) is 0.796. The van der Waals surface area contributed by atoms with Gasteiger partial charge in [-0.25, -0.2) is 4.39 Å². The van der Waals surface area contributed by atoms with Crippen LogP contribution >= 0.6 is 11.6 Å². The molecule has 8 heteroatoms. The molecule has 0 spiro atoms. The number of benzene rings is 2. The third kappa shape index (κ3) is 5.29. The van der Waals surface area contributed by atoms with Crippen molar-refractivity contribution in [3.63, 3.8) is 0 Å². The Kier molecular flexibility index (Phi) is 6.52. The van der Waals surface area contributed by atoms with Gasteiger partial charge < -0.3 is 14.8 Å². The molecule has 25 heavy (non-hydrogen) atoms. The van der Waals surface area contributed by atoms with Crippen molar-refractivity contribution in [1.82, 2.24) is 5.32 Å². The molecule has 0 bridgehead atoms. The van der Waals surface area contributed by atoms with Crippen LogP contribution in [0.5, 0.6) is 11.5 Å². The lowest BCUT2D eigenvalue weighted by Gasteiger charge is -2.12. The molecule has 0 atom stereocenters. The van der Waals surface area contributed by atoms with Gasteiger partial charge in [0, 0.05) is 11.6 Å². The zero-order valence-electron chi connectivity index (χ0n) is 13.2. The largest absolute Gasteiger partial charge is 0.493 e. The Morgan fingerprint density at radius 2 is 1.96 bits per heavy atom. The first-order valence-corrected chi connectivity index (χ1v) is 7.63. The van der Waals surface area contributed by atoms with E-state index in [2.05, 4.69) is 10.1 Å². The van der Waals surface area contributed by atoms with Crippen molar-refractivity contribution in [3.05, 3.63) is 58.4 Å². The van der Waals surface area contributed by atoms with Gasteiger partial charge in [-0.15, -0.1) is 0 Å². The zero-order valence-corrected chi connectivity index (χ0v) is 13.9. The Balaban J connectivity index is 1.97. The maximum atomic E-state index is 13.6. The number of carbonyl (C=O) groups excluding carboxylic acids is 1. The van der Waals surface area contributed by atoms with E-state index in [-0.39, 0.29) is 28.6 Å². The summed E-state index contributed by atoms with van der Waals surface area (Å²) in [6.07, 6.45) is 0.388. The van der Waals surface area contributed by atoms with Crippen LogP contribution in [0.4, 0.5) is 13.2 Å². The highest BCUT2D eigenvalue weighted by atomic mass is 35.5. The standard InChI is InChI=1S/C17H15ClF3NO3/c1-24-15-8-10(2-5-14(15)25-17(20)21)6-7-22-16(23)12-9-11(18)3-4-13(12)19/h2-5,8-9,17H,6-7H2,1H3,(H,22,23). The monoisotopic (exact) mass is 373 g/mol. The van der Waals surface area contributed by atoms with Crippen molar-refractivity contribution in [2.24, 2.45) is 0 Å². The van der Waals surface area contributed by atoms with E-state index in [9.17, 15) is 18.0 Å². The lowest BCUT2D eigenvalue weighted by molar-refractivity contribution is -0.0512. The summed E-state index contributed by atoms with van der Waals surface area (Å²) in [6.45, 7) is -2.74. The highest BCUT2D eigenvalue weighted by Gasteiger charge is 2.13. The van der Waals surface area contributed by atoms with E-state index < -0.39 is 18.3 Å². The van der Waals surface area contributed by atoms with E-state index in [1.807, 2.05) is 0 Å². The molecule has 0 unspecified atom stereocenters. The summed E-state index contributed by atoms with van der Waals surface area (Å²) in [7, 11) is 1.33. The van der Waals surface area contributed by atoms with E-state index in [1.54, 1.807) is 6.07 Å². The number of ether oxygens (including phenoxy) is 2. The van der Waals surface area contributed by atoms with Crippen LogP contribution < -0.4 is 14.8 Å². The number of methoxy groups -OCH3 is 1. The van der Waals surface area contributed by atoms with Crippen LogP contribution in [-0.2, 0) is 6.42 Å². The van der Waals surface area contributed by atoms with Crippen LogP contribution in [0, 0.1) is 5.82 Å². The molecule has 0 radical (unpaired) electrons. The first kappa shape index (κ1) is 18.9. The smallest absolute Gasteiger partial charge is 0.387 e. The summed E-state index contributed by atoms with van der Waals surface area (Å²) in [5.74, 6) is -1.18. The van der Waals surface area contributed by atoms with Crippen LogP contribution in [0.2, 0.25) is 5.02 Å². The molecule has 0 heterocycles. The second-order valence-corrected chi connectivity index (χ2v) is 5.43. The highest BCUT2D eigenvalue weighted by molar-refractivity contribution is 6.31. The number of halogens is 4. The molecule has 0 saturated heterocycles. The number of amides is 1. The minimum absolute atomic E-state index is 0.0775. The molecule has 0 aliphatic carbocycles. The van der Waals surface area contributed by atoms with Gasteiger partial charge in [0.05, 0.1) is 12.7 Å². The predicted octanol–water partition coefficient (Wildman–Crippen LogP) is 4.06. The zero-order chi connectivity index (χ0) is 18.4. The van der Waals surface area contributed by atoms with Gasteiger partial charge in [-0.3, -0.25) is 4.79 Å². The van der Waals surface area contributed by atoms with Crippen molar-refractivity contribution >= 4 is 17.5 Å². The molecular weight excluding hydrogens is 359 g/mol. The molecule has 0 aliphatic heterocycles. The van der Waals surface area contributed by atoms with Gasteiger partial charge in [0.2, 0.25) is 0 Å². The molecule has 2 aromatic carbocycles. The van der Waals surface area contributed by atoms with Crippen LogP contribution in [0.15, 0.2) is 36.4 Å². The molecule has 2 rings (SSSR count). The maximum absolute atomic E-state index is 13.6. The SMILES string of the molecule is COc1cc(CCNC(=O)c2cc(Cl)ccc2F)ccc1OC(F)F. The lowest BCUT2D eigenvalue weighted by Crippen LogP contribution is -2.26. The Labute approximate surface area is 147 Å². The van der Waals surface area contributed by atoms with E-state index >= 15 is 0 Å². The van der Waals surface area contributed by atoms with Crippen molar-refractivity contribution in [2.45, 2.75) is 13.0 Å². The maximum Gasteiger partial charge on any atom is 0.387 e. The first-order chi connectivity index (χ1) is 11.9. The number of hydrogen-bond donors (Lipinski definition) is 1. The summed E-state index contributed by atoms with van der Waals surface area (Å²) in [5.41, 5.74) is 0.580. The fourth-order valence-corrected chi connectivity index (χ4v) is 2.32. The number of alkyl halides is 2. The minimum Gasteiger partial charge on any atom is -0.493 e. The minimum atomic E-state index is -2.95. The van der Waals surface area contributed by atoms with E-state index in [0.29, 0.717) is 6.42 Å². The fraction of sp³-hybridized carbons (Fsp3) is 0.235. The summed E-state index contributed by atoms with van der Waals surface area (Å²) in [4.78, 5) is 12.0. The molecule has 0 fully saturated rings. The van der Waals surface area contributed by atoms with Gasteiger partial charge in [-0.1, -0.05) is 17.7 Å². The summed E-state index contributed by atoms with van der Waals surface area (Å²) < 4.78 is 47.5. The van der Waals surface area contributed by atoms with Crippen molar-refractivity contribution in [1.29, 1.82) is 0 Å². The van der Waals surface area contributed by atoms with Gasteiger partial charge in [0.15, 0.2) is 11.5 Å². The summed E-state index contributed by atoms with van der Waals surface area (Å²) in [5, 5.41) is 2.83. The van der Waals surface area contributed by atoms with Crippen LogP contribution in [0.25, 0.3) is 0 Å². The van der Waals surface area contributed by atoms with Crippen LogP contribution in [0.1, 0.15) is 15.9 Å². The van der Waals surface area contributed by atoms with Gasteiger partial charge >= 0.3 is 6.61 Å². The van der Waals surface area contributed by atoms with Gasteiger partial charge in [0.25, 0.3) is 5.91 Å². The lowest BCUT2D eigenvalue weighted by atomic mass is 10.1. The molecule has 1 amide bonds. The third-order valence-electron chi connectivity index (χ3n) is 3.32. The molecule has 0 saturated carbocycles. The van der Waals surface area contributed by atoms with Crippen LogP contribution in [0.3, 0.4) is 0 Å². The molecule has 1 N–H and O–H groups in total. The average molecular weight is 374 g/mol. The van der Waals surface area contributed by atoms with Crippen molar-refractivity contribution in [3.8, 4) is 11.5 Å². The van der Waals surface area contributed by atoms with Gasteiger partial charge in [0.1, 0.15) is 5.82 Å².